The Morgan fingerprint density at radius 1 is 0.373 bits per heavy atom. The second-order valence-corrected chi connectivity index (χ2v) is 17.5. The highest BCUT2D eigenvalue weighted by Gasteiger charge is 2.37. The Kier molecular flexibility index (Phi) is 7.06. The van der Waals surface area contributed by atoms with Gasteiger partial charge < -0.3 is 0 Å². The minimum absolute atomic E-state index is 0.0847. The average molecular weight is 755 g/mol. The van der Waals surface area contributed by atoms with Crippen LogP contribution in [0.1, 0.15) is 49.9 Å². The lowest BCUT2D eigenvalue weighted by molar-refractivity contribution is 0.660. The van der Waals surface area contributed by atoms with Crippen LogP contribution < -0.4 is 0 Å². The molecule has 10 aromatic rings. The fraction of sp³-hybridized carbons (Fsp3) is 0.105. The summed E-state index contributed by atoms with van der Waals surface area (Å²) in [5, 5.41) is 4.82. The van der Waals surface area contributed by atoms with Crippen molar-refractivity contribution in [3.63, 3.8) is 0 Å². The third-order valence-electron chi connectivity index (χ3n) is 13.6. The van der Waals surface area contributed by atoms with E-state index >= 15 is 0 Å². The van der Waals surface area contributed by atoms with Crippen LogP contribution in [-0.2, 0) is 10.8 Å². The predicted molar refractivity (Wildman–Crippen MR) is 248 cm³/mol. The van der Waals surface area contributed by atoms with Gasteiger partial charge >= 0.3 is 0 Å². The molecule has 9 aromatic carbocycles. The lowest BCUT2D eigenvalue weighted by Crippen LogP contribution is -2.15. The molecule has 2 nitrogen and oxygen atoms in total. The largest absolute Gasteiger partial charge is 0.292 e. The van der Waals surface area contributed by atoms with Crippen LogP contribution in [0.3, 0.4) is 0 Å². The molecule has 2 aliphatic carbocycles. The van der Waals surface area contributed by atoms with Gasteiger partial charge in [0.2, 0.25) is 0 Å². The Morgan fingerprint density at radius 3 is 1.56 bits per heavy atom. The molecule has 0 saturated carbocycles. The van der Waals surface area contributed by atoms with E-state index in [-0.39, 0.29) is 10.8 Å². The normalized spacial score (nSPS) is 14.4. The highest BCUT2D eigenvalue weighted by Crippen LogP contribution is 2.53. The molecule has 2 aliphatic rings. The second kappa shape index (κ2) is 12.2. The van der Waals surface area contributed by atoms with Crippen LogP contribution in [0.25, 0.3) is 94.2 Å². The summed E-state index contributed by atoms with van der Waals surface area (Å²) < 4.78 is 2.35. The maximum atomic E-state index is 5.47. The summed E-state index contributed by atoms with van der Waals surface area (Å²) in [5.74, 6) is 0.945. The van der Waals surface area contributed by atoms with Crippen molar-refractivity contribution in [3.05, 3.63) is 204 Å². The highest BCUT2D eigenvalue weighted by molar-refractivity contribution is 6.22. The molecule has 59 heavy (non-hydrogen) atoms. The molecule has 280 valence electrons. The Bertz CT molecular complexity index is 3380. The summed E-state index contributed by atoms with van der Waals surface area (Å²) in [5.41, 5.74) is 19.9. The summed E-state index contributed by atoms with van der Waals surface area (Å²) in [6, 6.07) is 67.5. The summed E-state index contributed by atoms with van der Waals surface area (Å²) in [6.07, 6.45) is 0. The molecule has 0 fully saturated rings. The van der Waals surface area contributed by atoms with E-state index in [1.54, 1.807) is 0 Å². The zero-order valence-electron chi connectivity index (χ0n) is 33.7. The molecule has 0 unspecified atom stereocenters. The Balaban J connectivity index is 1.17. The van der Waals surface area contributed by atoms with Gasteiger partial charge in [-0.2, -0.15) is 0 Å². The number of hydrogen-bond acceptors (Lipinski definition) is 1. The summed E-state index contributed by atoms with van der Waals surface area (Å²) >= 11 is 0. The number of fused-ring (bicyclic) bond motifs is 9. The van der Waals surface area contributed by atoms with Crippen LogP contribution in [0, 0.1) is 0 Å². The summed E-state index contributed by atoms with van der Waals surface area (Å²) in [4.78, 5) is 5.47. The number of benzene rings is 9. The smallest absolute Gasteiger partial charge is 0.146 e. The van der Waals surface area contributed by atoms with Gasteiger partial charge in [-0.3, -0.25) is 4.57 Å². The number of rotatable bonds is 4. The third kappa shape index (κ3) is 4.78. The van der Waals surface area contributed by atoms with Crippen LogP contribution in [0.4, 0.5) is 0 Å². The number of hydrogen-bond donors (Lipinski definition) is 0. The Morgan fingerprint density at radius 2 is 0.864 bits per heavy atom. The van der Waals surface area contributed by atoms with Crippen molar-refractivity contribution >= 4 is 32.6 Å². The minimum Gasteiger partial charge on any atom is -0.292 e. The van der Waals surface area contributed by atoms with E-state index < -0.39 is 0 Å². The fourth-order valence-electron chi connectivity index (χ4n) is 10.7. The van der Waals surface area contributed by atoms with E-state index in [1.165, 1.54) is 88.3 Å². The topological polar surface area (TPSA) is 17.8 Å². The molecule has 0 radical (unpaired) electrons. The fourth-order valence-corrected chi connectivity index (χ4v) is 10.7. The first-order valence-electron chi connectivity index (χ1n) is 20.8. The molecule has 2 heteroatoms. The zero-order chi connectivity index (χ0) is 39.6. The quantitative estimate of drug-likeness (QED) is 0.164. The van der Waals surface area contributed by atoms with E-state index in [0.29, 0.717) is 0 Å². The van der Waals surface area contributed by atoms with Gasteiger partial charge in [0.25, 0.3) is 0 Å². The van der Waals surface area contributed by atoms with Crippen LogP contribution in [0.5, 0.6) is 0 Å². The van der Waals surface area contributed by atoms with Crippen LogP contribution >= 0.6 is 0 Å². The molecule has 0 spiro atoms. The maximum Gasteiger partial charge on any atom is 0.146 e. The lowest BCUT2D eigenvalue weighted by atomic mass is 9.80. The summed E-state index contributed by atoms with van der Waals surface area (Å²) in [6.45, 7) is 9.48. The second-order valence-electron chi connectivity index (χ2n) is 17.5. The predicted octanol–water partition coefficient (Wildman–Crippen LogP) is 14.9. The molecule has 0 amide bonds. The molecule has 0 saturated heterocycles. The first-order valence-corrected chi connectivity index (χ1v) is 20.8. The van der Waals surface area contributed by atoms with Gasteiger partial charge in [0.1, 0.15) is 5.82 Å². The Hall–Kier alpha value is -7.03. The van der Waals surface area contributed by atoms with Crippen molar-refractivity contribution in [2.75, 3.05) is 0 Å². The van der Waals surface area contributed by atoms with Gasteiger partial charge in [0.15, 0.2) is 0 Å². The average Bonchev–Trinajstić information content (AvgIpc) is 3.85. The van der Waals surface area contributed by atoms with Gasteiger partial charge in [-0.25, -0.2) is 4.98 Å². The molecule has 0 aliphatic heterocycles. The standard InChI is InChI=1S/C57H42N2/c1-56(2)47-22-12-10-18-39(47)41-29-26-36(33-49(41)56)35-27-31-45-46(32-35)53(37-28-30-42-40-19-11-13-23-48(40)57(3,4)50(42)34-37)43-20-8-9-21-44(43)54(45)55-58-51-24-14-15-25-52(51)59(55)38-16-6-5-7-17-38/h5-34H,1-4H3. The number of imidazole rings is 1. The van der Waals surface area contributed by atoms with E-state index in [1.807, 2.05) is 0 Å². The van der Waals surface area contributed by atoms with Gasteiger partial charge in [-0.15, -0.1) is 0 Å². The molecule has 1 heterocycles. The molecular formula is C57H42N2. The van der Waals surface area contributed by atoms with Gasteiger partial charge in [0.05, 0.1) is 11.0 Å². The number of para-hydroxylation sites is 3. The van der Waals surface area contributed by atoms with E-state index in [9.17, 15) is 0 Å². The van der Waals surface area contributed by atoms with Gasteiger partial charge in [-0.05, 0) is 131 Å². The summed E-state index contributed by atoms with van der Waals surface area (Å²) in [7, 11) is 0. The van der Waals surface area contributed by atoms with Gasteiger partial charge in [0, 0.05) is 22.1 Å². The maximum absolute atomic E-state index is 5.47. The van der Waals surface area contributed by atoms with Crippen molar-refractivity contribution in [3.8, 4) is 61.6 Å². The van der Waals surface area contributed by atoms with E-state index in [0.717, 1.165) is 28.1 Å². The lowest BCUT2D eigenvalue weighted by Gasteiger charge is -2.23. The first-order chi connectivity index (χ1) is 28.8. The third-order valence-corrected chi connectivity index (χ3v) is 13.6. The van der Waals surface area contributed by atoms with Crippen LogP contribution in [-0.4, -0.2) is 9.55 Å². The van der Waals surface area contributed by atoms with Gasteiger partial charge in [-0.1, -0.05) is 167 Å². The van der Waals surface area contributed by atoms with E-state index in [2.05, 4.69) is 214 Å². The minimum atomic E-state index is -0.117. The SMILES string of the molecule is CC1(C)c2ccccc2-c2ccc(-c3ccc4c(-c5nc6ccccc6n5-c5ccccc5)c5ccccc5c(-c5ccc6c(c5)C(C)(C)c5ccccc5-6)c4c3)cc21. The van der Waals surface area contributed by atoms with Crippen molar-refractivity contribution in [2.24, 2.45) is 0 Å². The molecular weight excluding hydrogens is 713 g/mol. The van der Waals surface area contributed by atoms with E-state index in [4.69, 9.17) is 4.98 Å². The number of nitrogens with zero attached hydrogens (tertiary/aromatic N) is 2. The number of aromatic nitrogens is 2. The van der Waals surface area contributed by atoms with Crippen molar-refractivity contribution < 1.29 is 0 Å². The molecule has 0 N–H and O–H groups in total. The monoisotopic (exact) mass is 754 g/mol. The first kappa shape index (κ1) is 34.0. The van der Waals surface area contributed by atoms with Crippen molar-refractivity contribution in [2.45, 2.75) is 38.5 Å². The van der Waals surface area contributed by atoms with Crippen molar-refractivity contribution in [1.29, 1.82) is 0 Å². The van der Waals surface area contributed by atoms with Crippen molar-refractivity contribution in [1.82, 2.24) is 9.55 Å². The molecule has 12 rings (SSSR count). The Labute approximate surface area is 345 Å². The van der Waals surface area contributed by atoms with Crippen LogP contribution in [0.2, 0.25) is 0 Å². The molecule has 0 bridgehead atoms. The zero-order valence-corrected chi connectivity index (χ0v) is 33.7. The highest BCUT2D eigenvalue weighted by atomic mass is 15.1. The van der Waals surface area contributed by atoms with Crippen LogP contribution in [0.15, 0.2) is 182 Å². The molecule has 0 atom stereocenters. The molecule has 1 aromatic heterocycles.